The second-order valence-corrected chi connectivity index (χ2v) is 5.53. The van der Waals surface area contributed by atoms with Crippen molar-refractivity contribution >= 4 is 11.9 Å². The molecule has 1 amide bonds. The lowest BCUT2D eigenvalue weighted by Crippen LogP contribution is -2.56. The van der Waals surface area contributed by atoms with Crippen molar-refractivity contribution in [1.29, 1.82) is 0 Å². The molecule has 0 aromatic carbocycles. The van der Waals surface area contributed by atoms with E-state index in [0.717, 1.165) is 12.8 Å². The van der Waals surface area contributed by atoms with Crippen LogP contribution >= 0.6 is 0 Å². The van der Waals surface area contributed by atoms with Crippen molar-refractivity contribution in [2.75, 3.05) is 0 Å². The first-order valence-electron chi connectivity index (χ1n) is 6.89. The summed E-state index contributed by atoms with van der Waals surface area (Å²) in [6.45, 7) is 2.51. The molecule has 7 nitrogen and oxygen atoms in total. The van der Waals surface area contributed by atoms with E-state index >= 15 is 0 Å². The lowest BCUT2D eigenvalue weighted by Gasteiger charge is -2.36. The van der Waals surface area contributed by atoms with Crippen molar-refractivity contribution in [2.45, 2.75) is 51.1 Å². The van der Waals surface area contributed by atoms with Crippen LogP contribution in [-0.4, -0.2) is 37.3 Å². The lowest BCUT2D eigenvalue weighted by molar-refractivity contribution is -0.149. The zero-order chi connectivity index (χ0) is 14.6. The van der Waals surface area contributed by atoms with Gasteiger partial charge in [-0.05, 0) is 31.6 Å². The highest BCUT2D eigenvalue weighted by molar-refractivity contribution is 5.87. The fraction of sp³-hybridized carbons (Fsp3) is 0.692. The molecule has 110 valence electrons. The Hall–Kier alpha value is -1.92. The van der Waals surface area contributed by atoms with E-state index in [9.17, 15) is 14.7 Å². The van der Waals surface area contributed by atoms with Gasteiger partial charge in [0.1, 0.15) is 18.2 Å². The maximum absolute atomic E-state index is 12.0. The van der Waals surface area contributed by atoms with E-state index < -0.39 is 11.5 Å². The normalized spacial score (nSPS) is 26.1. The fourth-order valence-electron chi connectivity index (χ4n) is 2.54. The SMILES string of the molecule is CC1CCC(NC(=O)CCn2cncn2)(C(=O)O)CC1. The highest BCUT2D eigenvalue weighted by Gasteiger charge is 2.42. The minimum absolute atomic E-state index is 0.202. The van der Waals surface area contributed by atoms with Crippen LogP contribution in [0.5, 0.6) is 0 Å². The topological polar surface area (TPSA) is 97.1 Å². The van der Waals surface area contributed by atoms with E-state index in [2.05, 4.69) is 22.3 Å². The number of aromatic nitrogens is 3. The van der Waals surface area contributed by atoms with Gasteiger partial charge in [0, 0.05) is 6.42 Å². The number of carboxylic acid groups (broad SMARTS) is 1. The summed E-state index contributed by atoms with van der Waals surface area (Å²) < 4.78 is 1.55. The monoisotopic (exact) mass is 280 g/mol. The molecular formula is C13H20N4O3. The summed E-state index contributed by atoms with van der Waals surface area (Å²) in [5.41, 5.74) is -1.09. The molecule has 0 saturated heterocycles. The van der Waals surface area contributed by atoms with Crippen molar-refractivity contribution in [3.63, 3.8) is 0 Å². The molecule has 0 aliphatic heterocycles. The van der Waals surface area contributed by atoms with Gasteiger partial charge in [-0.25, -0.2) is 9.78 Å². The van der Waals surface area contributed by atoms with Gasteiger partial charge < -0.3 is 10.4 Å². The van der Waals surface area contributed by atoms with Gasteiger partial charge in [0.25, 0.3) is 0 Å². The number of aryl methyl sites for hydroxylation is 1. The second kappa shape index (κ2) is 6.02. The molecule has 7 heteroatoms. The van der Waals surface area contributed by atoms with Crippen LogP contribution < -0.4 is 5.32 Å². The number of amides is 1. The molecule has 1 aliphatic carbocycles. The third-order valence-corrected chi connectivity index (χ3v) is 3.95. The molecule has 20 heavy (non-hydrogen) atoms. The van der Waals surface area contributed by atoms with E-state index in [1.165, 1.54) is 12.7 Å². The van der Waals surface area contributed by atoms with Crippen LogP contribution in [0.1, 0.15) is 39.0 Å². The van der Waals surface area contributed by atoms with Crippen molar-refractivity contribution in [3.05, 3.63) is 12.7 Å². The molecule has 0 bridgehead atoms. The number of rotatable bonds is 5. The maximum Gasteiger partial charge on any atom is 0.329 e. The summed E-state index contributed by atoms with van der Waals surface area (Å²) in [6.07, 6.45) is 5.79. The maximum atomic E-state index is 12.0. The van der Waals surface area contributed by atoms with Gasteiger partial charge in [0.05, 0.1) is 6.54 Å². The molecule has 1 aromatic heterocycles. The predicted octanol–water partition coefficient (Wildman–Crippen LogP) is 0.818. The molecule has 1 aromatic rings. The molecule has 0 atom stereocenters. The third kappa shape index (κ3) is 3.34. The first-order valence-corrected chi connectivity index (χ1v) is 6.89. The van der Waals surface area contributed by atoms with Crippen LogP contribution in [0.3, 0.4) is 0 Å². The third-order valence-electron chi connectivity index (χ3n) is 3.95. The zero-order valence-electron chi connectivity index (χ0n) is 11.6. The van der Waals surface area contributed by atoms with E-state index in [1.807, 2.05) is 0 Å². The van der Waals surface area contributed by atoms with Crippen LogP contribution in [0, 0.1) is 5.92 Å². The Morgan fingerprint density at radius 2 is 2.15 bits per heavy atom. The van der Waals surface area contributed by atoms with Crippen molar-refractivity contribution in [3.8, 4) is 0 Å². The Bertz CT molecular complexity index is 464. The Kier molecular flexibility index (Phi) is 4.36. The Labute approximate surface area is 117 Å². The summed E-state index contributed by atoms with van der Waals surface area (Å²) in [6, 6.07) is 0. The van der Waals surface area contributed by atoms with Gasteiger partial charge in [-0.3, -0.25) is 9.48 Å². The van der Waals surface area contributed by atoms with Crippen LogP contribution in [-0.2, 0) is 16.1 Å². The van der Waals surface area contributed by atoms with Crippen LogP contribution in [0.15, 0.2) is 12.7 Å². The minimum Gasteiger partial charge on any atom is -0.480 e. The molecule has 1 fully saturated rings. The Balaban J connectivity index is 1.91. The predicted molar refractivity (Wildman–Crippen MR) is 70.8 cm³/mol. The van der Waals surface area contributed by atoms with E-state index in [-0.39, 0.29) is 12.3 Å². The van der Waals surface area contributed by atoms with Crippen molar-refractivity contribution in [1.82, 2.24) is 20.1 Å². The average molecular weight is 280 g/mol. The molecule has 1 heterocycles. The number of nitrogens with zero attached hydrogens (tertiary/aromatic N) is 3. The first kappa shape index (κ1) is 14.5. The Morgan fingerprint density at radius 1 is 1.45 bits per heavy atom. The van der Waals surface area contributed by atoms with Gasteiger partial charge >= 0.3 is 5.97 Å². The first-order chi connectivity index (χ1) is 9.52. The molecule has 2 rings (SSSR count). The minimum atomic E-state index is -1.09. The van der Waals surface area contributed by atoms with Gasteiger partial charge in [-0.2, -0.15) is 5.10 Å². The molecule has 0 radical (unpaired) electrons. The summed E-state index contributed by atoms with van der Waals surface area (Å²) >= 11 is 0. The molecule has 0 unspecified atom stereocenters. The van der Waals surface area contributed by atoms with Gasteiger partial charge in [0.15, 0.2) is 0 Å². The van der Waals surface area contributed by atoms with E-state index in [1.54, 1.807) is 4.68 Å². The number of carboxylic acids is 1. The lowest BCUT2D eigenvalue weighted by atomic mass is 9.77. The summed E-state index contributed by atoms with van der Waals surface area (Å²) in [4.78, 5) is 27.3. The molecule has 1 saturated carbocycles. The quantitative estimate of drug-likeness (QED) is 0.832. The number of nitrogens with one attached hydrogen (secondary N) is 1. The number of carbonyl (C=O) groups excluding carboxylic acids is 1. The molecule has 0 spiro atoms. The number of hydrogen-bond acceptors (Lipinski definition) is 4. The zero-order valence-corrected chi connectivity index (χ0v) is 11.6. The average Bonchev–Trinajstić information content (AvgIpc) is 2.92. The van der Waals surface area contributed by atoms with Gasteiger partial charge in [-0.15, -0.1) is 0 Å². The van der Waals surface area contributed by atoms with Crippen LogP contribution in [0.4, 0.5) is 0 Å². The molecular weight excluding hydrogens is 260 g/mol. The Morgan fingerprint density at radius 3 is 2.70 bits per heavy atom. The van der Waals surface area contributed by atoms with Crippen LogP contribution in [0.2, 0.25) is 0 Å². The van der Waals surface area contributed by atoms with Gasteiger partial charge in [-0.1, -0.05) is 6.92 Å². The number of carbonyl (C=O) groups is 2. The van der Waals surface area contributed by atoms with E-state index in [0.29, 0.717) is 25.3 Å². The van der Waals surface area contributed by atoms with Gasteiger partial charge in [0.2, 0.25) is 5.91 Å². The van der Waals surface area contributed by atoms with E-state index in [4.69, 9.17) is 0 Å². The highest BCUT2D eigenvalue weighted by atomic mass is 16.4. The second-order valence-electron chi connectivity index (χ2n) is 5.53. The molecule has 2 N–H and O–H groups in total. The summed E-state index contributed by atoms with van der Waals surface area (Å²) in [7, 11) is 0. The summed E-state index contributed by atoms with van der Waals surface area (Å²) in [5, 5.41) is 16.1. The van der Waals surface area contributed by atoms with Crippen molar-refractivity contribution < 1.29 is 14.7 Å². The fourth-order valence-corrected chi connectivity index (χ4v) is 2.54. The molecule has 1 aliphatic rings. The standard InChI is InChI=1S/C13H20N4O3/c1-10-2-5-13(6-3-10,12(19)20)16-11(18)4-7-17-9-14-8-15-17/h8-10H,2-7H2,1H3,(H,16,18)(H,19,20). The highest BCUT2D eigenvalue weighted by Crippen LogP contribution is 2.32. The summed E-state index contributed by atoms with van der Waals surface area (Å²) in [5.74, 6) is -0.662. The van der Waals surface area contributed by atoms with Crippen LogP contribution in [0.25, 0.3) is 0 Å². The largest absolute Gasteiger partial charge is 0.480 e. The smallest absolute Gasteiger partial charge is 0.329 e. The van der Waals surface area contributed by atoms with Crippen molar-refractivity contribution in [2.24, 2.45) is 5.92 Å². The number of aliphatic carboxylic acids is 1. The number of hydrogen-bond donors (Lipinski definition) is 2.